The van der Waals surface area contributed by atoms with Crippen LogP contribution in [0.5, 0.6) is 0 Å². The third-order valence-electron chi connectivity index (χ3n) is 6.99. The van der Waals surface area contributed by atoms with Gasteiger partial charge in [0.1, 0.15) is 31.0 Å². The molecule has 0 saturated carbocycles. The molecule has 2 aromatic carbocycles. The molecule has 3 aromatic rings. The zero-order valence-corrected chi connectivity index (χ0v) is 20.5. The molecule has 5 N–H and O–H groups in total. The molecule has 0 radical (unpaired) electrons. The van der Waals surface area contributed by atoms with Crippen LogP contribution in [0.1, 0.15) is 29.0 Å². The Morgan fingerprint density at radius 3 is 2.33 bits per heavy atom. The number of alkyl carbamates (subject to hydrolysis) is 1. The Hall–Kier alpha value is -3.91. The number of nitrogens with one attached hydrogen (secondary N) is 1. The van der Waals surface area contributed by atoms with Crippen LogP contribution in [0.25, 0.3) is 11.1 Å². The average Bonchev–Trinajstić information content (AvgIpc) is 3.53. The summed E-state index contributed by atoms with van der Waals surface area (Å²) in [5, 5.41) is 48.6. The zero-order valence-electron chi connectivity index (χ0n) is 20.5. The summed E-state index contributed by atoms with van der Waals surface area (Å²) in [5.74, 6) is -1.55. The average molecular weight is 542 g/mol. The van der Waals surface area contributed by atoms with Crippen LogP contribution >= 0.6 is 0 Å². The SMILES string of the molecule is O=C(N[C@@H](Cc1cn([C@@H]2O[C@H](CO)[C@@H](O)[C@H](O)[C@H]2[18F])nn1)C(=O)O)OCC1c2ccccc2-c2ccccc21. The minimum atomic E-state index is -2.09. The number of hydrogen-bond donors (Lipinski definition) is 5. The third-order valence-corrected chi connectivity index (χ3v) is 6.99. The van der Waals surface area contributed by atoms with Crippen molar-refractivity contribution in [1.82, 2.24) is 20.3 Å². The smallest absolute Gasteiger partial charge is 0.407 e. The van der Waals surface area contributed by atoms with Crippen LogP contribution in [0.2, 0.25) is 0 Å². The molecule has 206 valence electrons. The van der Waals surface area contributed by atoms with Crippen molar-refractivity contribution < 1.29 is 43.9 Å². The number of halogens is 1. The summed E-state index contributed by atoms with van der Waals surface area (Å²) < 4.78 is 26.2. The quantitative estimate of drug-likeness (QED) is 0.274. The van der Waals surface area contributed by atoms with Gasteiger partial charge in [0.2, 0.25) is 0 Å². The van der Waals surface area contributed by atoms with Crippen molar-refractivity contribution in [3.63, 3.8) is 0 Å². The van der Waals surface area contributed by atoms with Gasteiger partial charge in [-0.25, -0.2) is 18.7 Å². The van der Waals surface area contributed by atoms with Gasteiger partial charge in [-0.2, -0.15) is 0 Å². The Labute approximate surface area is 221 Å². The molecule has 1 saturated heterocycles. The summed E-state index contributed by atoms with van der Waals surface area (Å²) in [6, 6.07) is 14.2. The molecule has 1 aliphatic heterocycles. The number of benzene rings is 2. The maximum atomic E-state index is 14.6. The summed E-state index contributed by atoms with van der Waals surface area (Å²) in [6.07, 6.45) is -8.38. The number of fused-ring (bicyclic) bond motifs is 3. The largest absolute Gasteiger partial charge is 0.480 e. The number of carboxylic acids is 1. The van der Waals surface area contributed by atoms with Crippen molar-refractivity contribution in [2.45, 2.75) is 49.1 Å². The van der Waals surface area contributed by atoms with Crippen LogP contribution < -0.4 is 5.32 Å². The number of carboxylic acid groups (broad SMARTS) is 1. The highest BCUT2D eigenvalue weighted by molar-refractivity contribution is 5.81. The molecule has 12 nitrogen and oxygen atoms in total. The second-order valence-corrected chi connectivity index (χ2v) is 9.43. The number of aromatic nitrogens is 3. The fourth-order valence-corrected chi connectivity index (χ4v) is 4.99. The van der Waals surface area contributed by atoms with Gasteiger partial charge in [0.25, 0.3) is 0 Å². The minimum Gasteiger partial charge on any atom is -0.480 e. The highest BCUT2D eigenvalue weighted by atomic mass is 18.2. The van der Waals surface area contributed by atoms with Gasteiger partial charge in [-0.3, -0.25) is 0 Å². The van der Waals surface area contributed by atoms with E-state index in [9.17, 15) is 34.4 Å². The first kappa shape index (κ1) is 26.7. The number of amides is 1. The Kier molecular flexibility index (Phi) is 7.57. The van der Waals surface area contributed by atoms with Gasteiger partial charge in [0.05, 0.1) is 18.5 Å². The molecule has 1 aromatic heterocycles. The molecule has 13 heteroatoms. The Bertz CT molecular complexity index is 1310. The van der Waals surface area contributed by atoms with Gasteiger partial charge in [0, 0.05) is 12.3 Å². The van der Waals surface area contributed by atoms with Crippen LogP contribution in [0.4, 0.5) is 9.18 Å². The highest BCUT2D eigenvalue weighted by Gasteiger charge is 2.46. The summed E-state index contributed by atoms with van der Waals surface area (Å²) in [7, 11) is 0. The Balaban J connectivity index is 1.22. The number of alkyl halides is 1. The van der Waals surface area contributed by atoms with Crippen LogP contribution in [-0.2, 0) is 20.7 Å². The molecule has 2 aliphatic rings. The van der Waals surface area contributed by atoms with E-state index < -0.39 is 55.4 Å². The summed E-state index contributed by atoms with van der Waals surface area (Å²) in [4.78, 5) is 24.4. The van der Waals surface area contributed by atoms with Gasteiger partial charge in [0.15, 0.2) is 12.4 Å². The van der Waals surface area contributed by atoms with Crippen LogP contribution in [0.3, 0.4) is 0 Å². The molecule has 0 bridgehead atoms. The molecule has 0 spiro atoms. The molecular formula is C26H27FN4O8. The van der Waals surface area contributed by atoms with E-state index in [2.05, 4.69) is 15.6 Å². The maximum Gasteiger partial charge on any atom is 0.407 e. The first-order chi connectivity index (χ1) is 18.8. The predicted molar refractivity (Wildman–Crippen MR) is 131 cm³/mol. The number of carbonyl (C=O) groups excluding carboxylic acids is 1. The topological polar surface area (TPSA) is 176 Å². The van der Waals surface area contributed by atoms with Crippen molar-refractivity contribution in [2.75, 3.05) is 13.2 Å². The highest BCUT2D eigenvalue weighted by Crippen LogP contribution is 2.44. The normalized spacial score (nSPS) is 25.0. The molecule has 6 atom stereocenters. The van der Waals surface area contributed by atoms with E-state index in [-0.39, 0.29) is 24.6 Å². The van der Waals surface area contributed by atoms with Gasteiger partial charge >= 0.3 is 12.1 Å². The lowest BCUT2D eigenvalue weighted by molar-refractivity contribution is -0.237. The standard InChI is InChI=1S/C26H27FN4O8/c27-21-23(34)22(33)20(11-32)39-24(21)31-10-13(29-30-31)9-19(25(35)36)28-26(37)38-12-18-16-7-3-1-5-14(16)15-6-2-4-8-17(15)18/h1-8,10,18-24,32-34H,9,11-12H2,(H,28,37)(H,35,36)/t19-,20+,21+,22+,23+,24+/m0/s1/i27-1. The van der Waals surface area contributed by atoms with Crippen LogP contribution in [-0.4, -0.2) is 91.2 Å². The summed E-state index contributed by atoms with van der Waals surface area (Å²) >= 11 is 0. The third kappa shape index (κ3) is 5.21. The molecule has 39 heavy (non-hydrogen) atoms. The van der Waals surface area contributed by atoms with Gasteiger partial charge in [-0.15, -0.1) is 5.10 Å². The number of carbonyl (C=O) groups is 2. The molecule has 5 rings (SSSR count). The Morgan fingerprint density at radius 2 is 1.72 bits per heavy atom. The van der Waals surface area contributed by atoms with Gasteiger partial charge in [-0.1, -0.05) is 53.7 Å². The number of aliphatic hydroxyl groups is 3. The van der Waals surface area contributed by atoms with E-state index in [1.807, 2.05) is 48.5 Å². The Morgan fingerprint density at radius 1 is 1.08 bits per heavy atom. The summed E-state index contributed by atoms with van der Waals surface area (Å²) in [5.41, 5.74) is 4.21. The van der Waals surface area contributed by atoms with Gasteiger partial charge < -0.3 is 35.2 Å². The molecule has 1 fully saturated rings. The summed E-state index contributed by atoms with van der Waals surface area (Å²) in [6.45, 7) is -0.673. The minimum absolute atomic E-state index is 0.000506. The van der Waals surface area contributed by atoms with Crippen molar-refractivity contribution in [1.29, 1.82) is 0 Å². The number of aliphatic hydroxyl groups excluding tert-OH is 3. The maximum absolute atomic E-state index is 14.6. The number of nitrogens with zero attached hydrogens (tertiary/aromatic N) is 3. The van der Waals surface area contributed by atoms with E-state index in [1.54, 1.807) is 0 Å². The van der Waals surface area contributed by atoms with Crippen LogP contribution in [0.15, 0.2) is 54.7 Å². The van der Waals surface area contributed by atoms with E-state index >= 15 is 0 Å². The zero-order chi connectivity index (χ0) is 27.7. The van der Waals surface area contributed by atoms with E-state index in [0.29, 0.717) is 0 Å². The lowest BCUT2D eigenvalue weighted by atomic mass is 9.98. The molecule has 1 aliphatic carbocycles. The van der Waals surface area contributed by atoms with Crippen molar-refractivity contribution in [3.05, 3.63) is 71.5 Å². The second-order valence-electron chi connectivity index (χ2n) is 9.43. The molecular weight excluding hydrogens is 514 g/mol. The molecule has 0 unspecified atom stereocenters. The van der Waals surface area contributed by atoms with Crippen LogP contribution in [0, 0.1) is 0 Å². The van der Waals surface area contributed by atoms with Crippen molar-refractivity contribution in [2.24, 2.45) is 0 Å². The number of ether oxygens (including phenoxy) is 2. The fraction of sp³-hybridized carbons (Fsp3) is 0.385. The van der Waals surface area contributed by atoms with E-state index in [0.717, 1.165) is 26.9 Å². The lowest BCUT2D eigenvalue weighted by Crippen LogP contribution is -2.55. The fourth-order valence-electron chi connectivity index (χ4n) is 4.99. The first-order valence-corrected chi connectivity index (χ1v) is 12.3. The first-order valence-electron chi connectivity index (χ1n) is 12.3. The van der Waals surface area contributed by atoms with Crippen molar-refractivity contribution >= 4 is 12.1 Å². The number of rotatable bonds is 8. The molecule has 2 heterocycles. The second kappa shape index (κ2) is 11.1. The van der Waals surface area contributed by atoms with Crippen molar-refractivity contribution in [3.8, 4) is 11.1 Å². The van der Waals surface area contributed by atoms with E-state index in [1.165, 1.54) is 6.20 Å². The van der Waals surface area contributed by atoms with Gasteiger partial charge in [-0.05, 0) is 22.3 Å². The number of hydrogen-bond acceptors (Lipinski definition) is 9. The lowest BCUT2D eigenvalue weighted by Gasteiger charge is -2.38. The number of aliphatic carboxylic acids is 1. The predicted octanol–water partition coefficient (Wildman–Crippen LogP) is 0.762. The monoisotopic (exact) mass is 541 g/mol. The molecule has 1 amide bonds. The van der Waals surface area contributed by atoms with E-state index in [4.69, 9.17) is 9.47 Å².